The van der Waals surface area contributed by atoms with Crippen LogP contribution in [0.15, 0.2) is 30.3 Å². The maximum Gasteiger partial charge on any atom is 0.338 e. The Morgan fingerprint density at radius 3 is 2.38 bits per heavy atom. The van der Waals surface area contributed by atoms with Gasteiger partial charge in [-0.25, -0.2) is 4.79 Å². The van der Waals surface area contributed by atoms with E-state index in [1.54, 1.807) is 0 Å². The van der Waals surface area contributed by atoms with Crippen LogP contribution in [0.4, 0.5) is 0 Å². The fourth-order valence-electron chi connectivity index (χ4n) is 4.68. The van der Waals surface area contributed by atoms with Gasteiger partial charge in [-0.3, -0.25) is 0 Å². The Bertz CT molecular complexity index is 554. The lowest BCUT2D eigenvalue weighted by Gasteiger charge is -2.51. The Kier molecular flexibility index (Phi) is 9.80. The van der Waals surface area contributed by atoms with Gasteiger partial charge in [0.15, 0.2) is 0 Å². The van der Waals surface area contributed by atoms with E-state index in [9.17, 15) is 4.79 Å². The van der Waals surface area contributed by atoms with Crippen molar-refractivity contribution in [2.24, 2.45) is 11.8 Å². The molecule has 4 unspecified atom stereocenters. The normalized spacial score (nSPS) is 28.0. The van der Waals surface area contributed by atoms with Crippen molar-refractivity contribution >= 4 is 39.9 Å². The Hall–Kier alpha value is -0.430. The number of likely N-dealkylation sites (tertiary alicyclic amines) is 1. The molecule has 3 rings (SSSR count). The number of ether oxygens (including phenoxy) is 1. The summed E-state index contributed by atoms with van der Waals surface area (Å²) in [6.45, 7) is 8.63. The monoisotopic (exact) mass is 490 g/mol. The second kappa shape index (κ2) is 10.8. The number of fused-ring (bicyclic) bond motifs is 2. The summed E-state index contributed by atoms with van der Waals surface area (Å²) in [5.74, 6) is 0.712. The third-order valence-corrected chi connectivity index (χ3v) is 5.82. The summed E-state index contributed by atoms with van der Waals surface area (Å²) in [4.78, 5) is 17.6. The van der Waals surface area contributed by atoms with Gasteiger partial charge in [0.25, 0.3) is 0 Å². The van der Waals surface area contributed by atoms with Crippen molar-refractivity contribution in [3.05, 3.63) is 35.9 Å². The van der Waals surface area contributed by atoms with Gasteiger partial charge in [0, 0.05) is 31.0 Å². The third-order valence-electron chi connectivity index (χ3n) is 5.82. The summed E-state index contributed by atoms with van der Waals surface area (Å²) >= 11 is 0. The molecule has 1 aromatic rings. The molecule has 2 aliphatic rings. The summed E-state index contributed by atoms with van der Waals surface area (Å²) in [7, 11) is 2.19. The zero-order valence-corrected chi connectivity index (χ0v) is 19.4. The topological polar surface area (TPSA) is 32.8 Å². The van der Waals surface area contributed by atoms with Gasteiger partial charge in [-0.1, -0.05) is 32.0 Å². The first-order valence-corrected chi connectivity index (χ1v) is 9.32. The lowest BCUT2D eigenvalue weighted by Crippen LogP contribution is -2.60. The number of rotatable bonds is 5. The molecule has 1 aromatic carbocycles. The molecule has 0 amide bonds. The van der Waals surface area contributed by atoms with Gasteiger partial charge < -0.3 is 14.5 Å². The van der Waals surface area contributed by atoms with Crippen LogP contribution in [0.25, 0.3) is 0 Å². The largest absolute Gasteiger partial charge is 0.458 e. The first-order chi connectivity index (χ1) is 11.6. The van der Waals surface area contributed by atoms with Crippen LogP contribution in [0.2, 0.25) is 0 Å². The minimum atomic E-state index is -0.166. The summed E-state index contributed by atoms with van der Waals surface area (Å²) in [5.41, 5.74) is 0.661. The third kappa shape index (κ3) is 5.09. The zero-order valence-electron chi connectivity index (χ0n) is 16.0. The van der Waals surface area contributed by atoms with Crippen LogP contribution < -0.4 is 0 Å². The highest BCUT2D eigenvalue weighted by Gasteiger charge is 2.47. The lowest BCUT2D eigenvalue weighted by atomic mass is 9.71. The van der Waals surface area contributed by atoms with E-state index in [1.165, 1.54) is 6.42 Å². The number of benzene rings is 1. The first-order valence-electron chi connectivity index (χ1n) is 9.32. The van der Waals surface area contributed by atoms with Crippen molar-refractivity contribution in [3.63, 3.8) is 0 Å². The number of piperidine rings is 1. The summed E-state index contributed by atoms with van der Waals surface area (Å²) in [6.07, 6.45) is 2.42. The average Bonchev–Trinajstić information content (AvgIpc) is 2.59. The van der Waals surface area contributed by atoms with Crippen LogP contribution in [0.3, 0.4) is 0 Å². The highest BCUT2D eigenvalue weighted by molar-refractivity contribution is 8.93. The molecule has 0 spiro atoms. The molecule has 2 bridgehead atoms. The van der Waals surface area contributed by atoms with Gasteiger partial charge in [-0.15, -0.1) is 34.0 Å². The molecule has 1 aliphatic carbocycles. The van der Waals surface area contributed by atoms with Gasteiger partial charge in [0.2, 0.25) is 0 Å². The van der Waals surface area contributed by atoms with Gasteiger partial charge in [-0.2, -0.15) is 0 Å². The highest BCUT2D eigenvalue weighted by atomic mass is 79.9. The fraction of sp³-hybridized carbons (Fsp3) is 0.650. The van der Waals surface area contributed by atoms with E-state index in [-0.39, 0.29) is 46.0 Å². The molecule has 4 atom stereocenters. The van der Waals surface area contributed by atoms with Crippen molar-refractivity contribution in [1.29, 1.82) is 0 Å². The molecule has 148 valence electrons. The number of halogens is 2. The van der Waals surface area contributed by atoms with Crippen LogP contribution in [-0.4, -0.2) is 61.1 Å². The standard InChI is InChI=1S/C20H30N2O2.2BrH/c1-4-22(5-2)18-12-11-16-13-21(3)14-17(18)19(16)24-20(23)15-9-7-6-8-10-15;;/h6-10,16-19H,4-5,11-14H2,1-3H3;2*1H. The number of esters is 1. The van der Waals surface area contributed by atoms with E-state index in [0.29, 0.717) is 23.4 Å². The number of carbonyl (C=O) groups is 1. The fourth-order valence-corrected chi connectivity index (χ4v) is 4.68. The van der Waals surface area contributed by atoms with E-state index in [4.69, 9.17) is 4.74 Å². The second-order valence-electron chi connectivity index (χ2n) is 7.25. The number of hydrogen-bond acceptors (Lipinski definition) is 4. The minimum absolute atomic E-state index is 0. The molecule has 6 heteroatoms. The van der Waals surface area contributed by atoms with Gasteiger partial charge >= 0.3 is 5.97 Å². The number of hydrogen-bond donors (Lipinski definition) is 0. The molecule has 1 heterocycles. The van der Waals surface area contributed by atoms with Crippen LogP contribution in [0.1, 0.15) is 37.0 Å². The summed E-state index contributed by atoms with van der Waals surface area (Å²) in [6, 6.07) is 9.92. The Morgan fingerprint density at radius 1 is 1.12 bits per heavy atom. The summed E-state index contributed by atoms with van der Waals surface area (Å²) in [5, 5.41) is 0. The predicted molar refractivity (Wildman–Crippen MR) is 117 cm³/mol. The zero-order chi connectivity index (χ0) is 17.1. The van der Waals surface area contributed by atoms with Crippen LogP contribution in [-0.2, 0) is 4.74 Å². The quantitative estimate of drug-likeness (QED) is 0.581. The summed E-state index contributed by atoms with van der Waals surface area (Å²) < 4.78 is 6.07. The number of nitrogens with zero attached hydrogens (tertiary/aromatic N) is 2. The van der Waals surface area contributed by atoms with Gasteiger partial charge in [0.05, 0.1) is 5.56 Å². The first kappa shape index (κ1) is 23.6. The van der Waals surface area contributed by atoms with Gasteiger partial charge in [0.1, 0.15) is 6.10 Å². The maximum atomic E-state index is 12.6. The van der Waals surface area contributed by atoms with Crippen molar-refractivity contribution in [1.82, 2.24) is 9.80 Å². The average molecular weight is 492 g/mol. The molecule has 1 saturated heterocycles. The van der Waals surface area contributed by atoms with E-state index >= 15 is 0 Å². The Balaban J connectivity index is 0.00000169. The van der Waals surface area contributed by atoms with E-state index in [2.05, 4.69) is 30.7 Å². The highest BCUT2D eigenvalue weighted by Crippen LogP contribution is 2.39. The molecular formula is C20H32Br2N2O2. The number of carbonyl (C=O) groups excluding carboxylic acids is 1. The molecule has 1 aliphatic heterocycles. The molecule has 0 radical (unpaired) electrons. The molecule has 0 N–H and O–H groups in total. The second-order valence-corrected chi connectivity index (χ2v) is 7.25. The molecule has 0 aromatic heterocycles. The van der Waals surface area contributed by atoms with Crippen molar-refractivity contribution in [2.75, 3.05) is 33.2 Å². The van der Waals surface area contributed by atoms with E-state index in [0.717, 1.165) is 32.6 Å². The SMILES string of the molecule is Br.Br.CCN(CC)C1CCC2CN(C)CC1C2OC(=O)c1ccccc1. The molecule has 1 saturated carbocycles. The molecule has 26 heavy (non-hydrogen) atoms. The lowest BCUT2D eigenvalue weighted by molar-refractivity contribution is -0.0924. The minimum Gasteiger partial charge on any atom is -0.458 e. The van der Waals surface area contributed by atoms with Crippen molar-refractivity contribution in [3.8, 4) is 0 Å². The van der Waals surface area contributed by atoms with Crippen molar-refractivity contribution < 1.29 is 9.53 Å². The van der Waals surface area contributed by atoms with E-state index < -0.39 is 0 Å². The molecule has 2 fully saturated rings. The molecule has 4 nitrogen and oxygen atoms in total. The van der Waals surface area contributed by atoms with Crippen molar-refractivity contribution in [2.45, 2.75) is 38.8 Å². The van der Waals surface area contributed by atoms with Crippen LogP contribution in [0.5, 0.6) is 0 Å². The van der Waals surface area contributed by atoms with Crippen LogP contribution in [0, 0.1) is 11.8 Å². The van der Waals surface area contributed by atoms with Gasteiger partial charge in [-0.05, 0) is 45.1 Å². The molecular weight excluding hydrogens is 460 g/mol. The predicted octanol–water partition coefficient (Wildman–Crippen LogP) is 4.05. The Morgan fingerprint density at radius 2 is 1.77 bits per heavy atom. The van der Waals surface area contributed by atoms with Crippen LogP contribution >= 0.6 is 34.0 Å². The maximum absolute atomic E-state index is 12.6. The van der Waals surface area contributed by atoms with E-state index in [1.807, 2.05) is 30.3 Å². The smallest absolute Gasteiger partial charge is 0.338 e. The Labute approximate surface area is 178 Å².